The predicted molar refractivity (Wildman–Crippen MR) is 96.0 cm³/mol. The SMILES string of the molecule is Cc1ccc(S(=O)(=O)n2cc(/C=N\NC(N)=O)c3ccccc32)cc1. The van der Waals surface area contributed by atoms with Crippen molar-refractivity contribution < 1.29 is 13.2 Å². The molecule has 1 aromatic heterocycles. The molecule has 0 aliphatic rings. The van der Waals surface area contributed by atoms with Crippen molar-refractivity contribution in [2.75, 3.05) is 0 Å². The Kier molecular flexibility index (Phi) is 4.28. The van der Waals surface area contributed by atoms with Gasteiger partial charge < -0.3 is 5.73 Å². The summed E-state index contributed by atoms with van der Waals surface area (Å²) in [6, 6.07) is 12.9. The number of rotatable bonds is 4. The molecule has 0 saturated carbocycles. The molecule has 0 aliphatic carbocycles. The van der Waals surface area contributed by atoms with Gasteiger partial charge in [0.05, 0.1) is 16.6 Å². The zero-order chi connectivity index (χ0) is 18.0. The molecule has 0 aliphatic heterocycles. The average molecular weight is 356 g/mol. The summed E-state index contributed by atoms with van der Waals surface area (Å²) in [6.45, 7) is 1.89. The summed E-state index contributed by atoms with van der Waals surface area (Å²) in [5, 5.41) is 4.40. The molecule has 7 nitrogen and oxygen atoms in total. The number of fused-ring (bicyclic) bond motifs is 1. The number of primary amides is 1. The van der Waals surface area contributed by atoms with Crippen LogP contribution in [0.25, 0.3) is 10.9 Å². The fourth-order valence-corrected chi connectivity index (χ4v) is 3.84. The molecule has 0 radical (unpaired) electrons. The molecule has 3 aromatic rings. The number of carbonyl (C=O) groups excluding carboxylic acids is 1. The van der Waals surface area contributed by atoms with E-state index in [2.05, 4.69) is 10.5 Å². The van der Waals surface area contributed by atoms with Crippen molar-refractivity contribution in [1.29, 1.82) is 0 Å². The van der Waals surface area contributed by atoms with Crippen LogP contribution in [0.5, 0.6) is 0 Å². The molecule has 0 spiro atoms. The minimum Gasteiger partial charge on any atom is -0.350 e. The van der Waals surface area contributed by atoms with Gasteiger partial charge in [-0.1, -0.05) is 35.9 Å². The van der Waals surface area contributed by atoms with Gasteiger partial charge in [0.25, 0.3) is 10.0 Å². The van der Waals surface area contributed by atoms with Gasteiger partial charge in [0.1, 0.15) is 0 Å². The maximum Gasteiger partial charge on any atom is 0.332 e. The van der Waals surface area contributed by atoms with E-state index < -0.39 is 16.1 Å². The Morgan fingerprint density at radius 3 is 2.52 bits per heavy atom. The van der Waals surface area contributed by atoms with Crippen molar-refractivity contribution >= 4 is 33.2 Å². The lowest BCUT2D eigenvalue weighted by Gasteiger charge is -2.07. The second-order valence-electron chi connectivity index (χ2n) is 5.45. The number of urea groups is 1. The second-order valence-corrected chi connectivity index (χ2v) is 7.26. The molecule has 0 bridgehead atoms. The number of nitrogens with one attached hydrogen (secondary N) is 1. The molecular weight excluding hydrogens is 340 g/mol. The van der Waals surface area contributed by atoms with E-state index in [-0.39, 0.29) is 4.90 Å². The highest BCUT2D eigenvalue weighted by Gasteiger charge is 2.20. The van der Waals surface area contributed by atoms with Crippen LogP contribution in [-0.2, 0) is 10.0 Å². The van der Waals surface area contributed by atoms with Crippen LogP contribution in [0.1, 0.15) is 11.1 Å². The number of aryl methyl sites for hydroxylation is 1. The van der Waals surface area contributed by atoms with Crippen molar-refractivity contribution in [3.05, 3.63) is 65.9 Å². The lowest BCUT2D eigenvalue weighted by atomic mass is 10.2. The summed E-state index contributed by atoms with van der Waals surface area (Å²) >= 11 is 0. The largest absolute Gasteiger partial charge is 0.350 e. The third kappa shape index (κ3) is 3.24. The van der Waals surface area contributed by atoms with E-state index in [4.69, 9.17) is 5.73 Å². The van der Waals surface area contributed by atoms with Crippen LogP contribution >= 0.6 is 0 Å². The number of hydrogen-bond donors (Lipinski definition) is 2. The Hall–Kier alpha value is -3.13. The molecule has 2 aromatic carbocycles. The Morgan fingerprint density at radius 2 is 1.84 bits per heavy atom. The first-order valence-electron chi connectivity index (χ1n) is 7.40. The highest BCUT2D eigenvalue weighted by molar-refractivity contribution is 7.90. The molecule has 0 fully saturated rings. The van der Waals surface area contributed by atoms with E-state index in [1.54, 1.807) is 48.5 Å². The average Bonchev–Trinajstić information content (AvgIpc) is 2.95. The summed E-state index contributed by atoms with van der Waals surface area (Å²) in [7, 11) is -3.76. The number of hydrazone groups is 1. The maximum atomic E-state index is 13.0. The molecule has 2 amide bonds. The lowest BCUT2D eigenvalue weighted by Crippen LogP contribution is -2.24. The summed E-state index contributed by atoms with van der Waals surface area (Å²) in [5.74, 6) is 0. The summed E-state index contributed by atoms with van der Waals surface area (Å²) in [4.78, 5) is 10.9. The number of nitrogens with two attached hydrogens (primary N) is 1. The first kappa shape index (κ1) is 16.7. The Labute approximate surface area is 144 Å². The van der Waals surface area contributed by atoms with Crippen LogP contribution in [0.15, 0.2) is 64.7 Å². The quantitative estimate of drug-likeness (QED) is 0.553. The standard InChI is InChI=1S/C17H16N4O3S/c1-12-6-8-14(9-7-12)25(23,24)21-11-13(10-19-20-17(18)22)15-4-2-3-5-16(15)21/h2-11H,1H3,(H3,18,20,22)/b19-10-. The molecule has 3 N–H and O–H groups in total. The molecular formula is C17H16N4O3S. The van der Waals surface area contributed by atoms with Crippen molar-refractivity contribution in [2.24, 2.45) is 10.8 Å². The molecule has 128 valence electrons. The molecule has 3 rings (SSSR count). The minimum atomic E-state index is -3.76. The topological polar surface area (TPSA) is 107 Å². The van der Waals surface area contributed by atoms with Crippen molar-refractivity contribution in [1.82, 2.24) is 9.40 Å². The Bertz CT molecular complexity index is 1070. The first-order valence-corrected chi connectivity index (χ1v) is 8.84. The van der Waals surface area contributed by atoms with Gasteiger partial charge in [-0.3, -0.25) is 0 Å². The van der Waals surface area contributed by atoms with E-state index in [1.807, 2.05) is 6.92 Å². The van der Waals surface area contributed by atoms with Gasteiger partial charge in [0.2, 0.25) is 0 Å². The summed E-state index contributed by atoms with van der Waals surface area (Å²) < 4.78 is 27.2. The summed E-state index contributed by atoms with van der Waals surface area (Å²) in [6.07, 6.45) is 2.82. The Morgan fingerprint density at radius 1 is 1.16 bits per heavy atom. The van der Waals surface area contributed by atoms with Gasteiger partial charge in [0, 0.05) is 17.1 Å². The molecule has 1 heterocycles. The van der Waals surface area contributed by atoms with Gasteiger partial charge in [-0.05, 0) is 25.1 Å². The van der Waals surface area contributed by atoms with Crippen molar-refractivity contribution in [2.45, 2.75) is 11.8 Å². The van der Waals surface area contributed by atoms with Crippen molar-refractivity contribution in [3.8, 4) is 0 Å². The number of benzene rings is 2. The van der Waals surface area contributed by atoms with Crippen LogP contribution < -0.4 is 11.2 Å². The molecule has 0 saturated heterocycles. The highest BCUT2D eigenvalue weighted by Crippen LogP contribution is 2.25. The van der Waals surface area contributed by atoms with E-state index in [0.29, 0.717) is 16.5 Å². The zero-order valence-electron chi connectivity index (χ0n) is 13.4. The van der Waals surface area contributed by atoms with Crippen LogP contribution in [0.4, 0.5) is 4.79 Å². The van der Waals surface area contributed by atoms with Gasteiger partial charge in [-0.2, -0.15) is 5.10 Å². The van der Waals surface area contributed by atoms with E-state index in [9.17, 15) is 13.2 Å². The number of aromatic nitrogens is 1. The Balaban J connectivity index is 2.15. The third-order valence-corrected chi connectivity index (χ3v) is 5.35. The van der Waals surface area contributed by atoms with Crippen LogP contribution in [-0.4, -0.2) is 24.6 Å². The monoisotopic (exact) mass is 356 g/mol. The van der Waals surface area contributed by atoms with Gasteiger partial charge in [-0.25, -0.2) is 22.6 Å². The number of hydrogen-bond acceptors (Lipinski definition) is 4. The van der Waals surface area contributed by atoms with E-state index in [1.165, 1.54) is 16.4 Å². The van der Waals surface area contributed by atoms with E-state index in [0.717, 1.165) is 5.56 Å². The van der Waals surface area contributed by atoms with Crippen LogP contribution in [0, 0.1) is 6.92 Å². The van der Waals surface area contributed by atoms with Gasteiger partial charge in [-0.15, -0.1) is 0 Å². The minimum absolute atomic E-state index is 0.192. The van der Waals surface area contributed by atoms with Crippen LogP contribution in [0.3, 0.4) is 0 Å². The number of para-hydroxylation sites is 1. The molecule has 0 atom stereocenters. The summed E-state index contributed by atoms with van der Waals surface area (Å²) in [5.41, 5.74) is 9.09. The predicted octanol–water partition coefficient (Wildman–Crippen LogP) is 2.19. The number of carbonyl (C=O) groups is 1. The van der Waals surface area contributed by atoms with Gasteiger partial charge in [0.15, 0.2) is 0 Å². The third-order valence-electron chi connectivity index (χ3n) is 3.66. The fraction of sp³-hybridized carbons (Fsp3) is 0.0588. The molecule has 25 heavy (non-hydrogen) atoms. The maximum absolute atomic E-state index is 13.0. The second kappa shape index (κ2) is 6.40. The molecule has 8 heteroatoms. The normalized spacial score (nSPS) is 11.9. The zero-order valence-corrected chi connectivity index (χ0v) is 14.2. The number of nitrogens with zero attached hydrogens (tertiary/aromatic N) is 2. The molecule has 0 unspecified atom stereocenters. The van der Waals surface area contributed by atoms with Gasteiger partial charge >= 0.3 is 6.03 Å². The van der Waals surface area contributed by atoms with Crippen molar-refractivity contribution in [3.63, 3.8) is 0 Å². The number of amides is 2. The highest BCUT2D eigenvalue weighted by atomic mass is 32.2. The first-order chi connectivity index (χ1) is 11.9. The van der Waals surface area contributed by atoms with Crippen LogP contribution in [0.2, 0.25) is 0 Å². The van der Waals surface area contributed by atoms with E-state index >= 15 is 0 Å². The fourth-order valence-electron chi connectivity index (χ4n) is 2.47. The smallest absolute Gasteiger partial charge is 0.332 e. The lowest BCUT2D eigenvalue weighted by molar-refractivity contribution is 0.249.